The lowest BCUT2D eigenvalue weighted by Crippen LogP contribution is -1.55. The van der Waals surface area contributed by atoms with Crippen molar-refractivity contribution in [1.82, 2.24) is 0 Å². The summed E-state index contributed by atoms with van der Waals surface area (Å²) in [6, 6.07) is 0. The fourth-order valence-electron chi connectivity index (χ4n) is 0. The second-order valence-corrected chi connectivity index (χ2v) is 0.408. The van der Waals surface area contributed by atoms with Gasteiger partial charge in [-0.25, -0.2) is 0 Å². The average molecular weight is 84.2 g/mol. The summed E-state index contributed by atoms with van der Waals surface area (Å²) in [7, 11) is 4.25. The molecule has 0 saturated heterocycles. The van der Waals surface area contributed by atoms with Gasteiger partial charge in [0.1, 0.15) is 0 Å². The van der Waals surface area contributed by atoms with Crippen molar-refractivity contribution in [3.8, 4) is 0 Å². The number of hydrogen-bond donors (Lipinski definition) is 1. The Morgan fingerprint density at radius 2 is 1.40 bits per heavy atom. The van der Waals surface area contributed by atoms with Gasteiger partial charge in [0, 0.05) is 24.2 Å². The van der Waals surface area contributed by atoms with Crippen LogP contribution in [-0.4, -0.2) is 26.4 Å². The van der Waals surface area contributed by atoms with Gasteiger partial charge in [0.25, 0.3) is 0 Å². The van der Waals surface area contributed by atoms with Crippen LogP contribution in [0.1, 0.15) is 2.85 Å². The first-order valence-corrected chi connectivity index (χ1v) is 1.26. The smallest absolute Gasteiger partial charge is 0.0351 e. The topological polar surface area (TPSA) is 29.5 Å². The van der Waals surface area contributed by atoms with Gasteiger partial charge in [0.15, 0.2) is 0 Å². The molecular weight excluding hydrogens is 68.0 g/mol. The highest BCUT2D eigenvalue weighted by molar-refractivity contribution is 3.56. The van der Waals surface area contributed by atoms with Crippen molar-refractivity contribution >= 4 is 0 Å². The zero-order valence-corrected chi connectivity index (χ0v) is 3.86. The standard InChI is InChI=1S/C2H6O.CH4O.2H2/c1-3-2;1-2;;/h1-2H3;2H,1H3;2*1H/i;;2*1+1. The third-order valence-electron chi connectivity index (χ3n) is 0. The minimum absolute atomic E-state index is 0. The maximum absolute atomic E-state index is 7.00. The molecule has 2 nitrogen and oxygen atoms in total. The fourth-order valence-corrected chi connectivity index (χ4v) is 0. The zero-order chi connectivity index (χ0) is 4.71. The van der Waals surface area contributed by atoms with Gasteiger partial charge in [-0.2, -0.15) is 0 Å². The van der Waals surface area contributed by atoms with E-state index in [1.807, 2.05) is 0 Å². The summed E-state index contributed by atoms with van der Waals surface area (Å²) < 4.78 is 4.25. The molecule has 0 spiro atoms. The summed E-state index contributed by atoms with van der Waals surface area (Å²) in [5.41, 5.74) is 0. The largest absolute Gasteiger partial charge is 0.400 e. The Balaban J connectivity index is -0.0000000105. The van der Waals surface area contributed by atoms with Gasteiger partial charge < -0.3 is 9.84 Å². The molecule has 0 aliphatic rings. The van der Waals surface area contributed by atoms with Crippen molar-refractivity contribution in [2.45, 2.75) is 0 Å². The molecule has 0 radical (unpaired) electrons. The SMILES string of the molecule is CO.COC.[2HH].[2HH]. The van der Waals surface area contributed by atoms with Crippen LogP contribution in [-0.2, 0) is 4.74 Å². The second-order valence-electron chi connectivity index (χ2n) is 0.408. The van der Waals surface area contributed by atoms with E-state index in [0.29, 0.717) is 0 Å². The predicted molar refractivity (Wildman–Crippen MR) is 25.3 cm³/mol. The molecule has 0 aromatic rings. The molecule has 1 N–H and O–H groups in total. The number of hydrogen-bond acceptors (Lipinski definition) is 2. The van der Waals surface area contributed by atoms with Gasteiger partial charge in [-0.15, -0.1) is 0 Å². The van der Waals surface area contributed by atoms with Crippen LogP contribution in [0.3, 0.4) is 0 Å². The van der Waals surface area contributed by atoms with E-state index in [1.165, 1.54) is 0 Å². The van der Waals surface area contributed by atoms with Gasteiger partial charge in [-0.05, 0) is 0 Å². The van der Waals surface area contributed by atoms with Crippen molar-refractivity contribution in [3.05, 3.63) is 0 Å². The summed E-state index contributed by atoms with van der Waals surface area (Å²) in [6.07, 6.45) is 0. The van der Waals surface area contributed by atoms with Gasteiger partial charge >= 0.3 is 0 Å². The van der Waals surface area contributed by atoms with Crippen LogP contribution in [0.2, 0.25) is 0 Å². The first kappa shape index (κ1) is 8.87. The molecule has 5 heavy (non-hydrogen) atoms. The van der Waals surface area contributed by atoms with Crippen LogP contribution in [0.25, 0.3) is 0 Å². The molecule has 0 unspecified atom stereocenters. The summed E-state index contributed by atoms with van der Waals surface area (Å²) >= 11 is 0. The van der Waals surface area contributed by atoms with Crippen molar-refractivity contribution in [2.24, 2.45) is 0 Å². The molecule has 0 fully saturated rings. The Labute approximate surface area is 35.4 Å². The van der Waals surface area contributed by atoms with Crippen LogP contribution >= 0.6 is 0 Å². The van der Waals surface area contributed by atoms with Crippen molar-refractivity contribution < 1.29 is 12.7 Å². The third-order valence-corrected chi connectivity index (χ3v) is 0. The van der Waals surface area contributed by atoms with Crippen LogP contribution in [0.15, 0.2) is 0 Å². The zero-order valence-electron chi connectivity index (χ0n) is 3.86. The third kappa shape index (κ3) is 2260. The van der Waals surface area contributed by atoms with Gasteiger partial charge in [-0.1, -0.05) is 0 Å². The molecule has 0 aliphatic heterocycles. The molecular formula is C3H14O2. The van der Waals surface area contributed by atoms with E-state index >= 15 is 0 Å². The van der Waals surface area contributed by atoms with Crippen LogP contribution in [0.5, 0.6) is 0 Å². The Kier molecular flexibility index (Phi) is 70.0. The number of aliphatic hydroxyl groups excluding tert-OH is 1. The summed E-state index contributed by atoms with van der Waals surface area (Å²) in [5.74, 6) is 0. The van der Waals surface area contributed by atoms with Gasteiger partial charge in [0.05, 0.1) is 0 Å². The number of ether oxygens (including phenoxy) is 1. The van der Waals surface area contributed by atoms with E-state index in [1.54, 1.807) is 14.2 Å². The quantitative estimate of drug-likeness (QED) is 0.459. The highest BCUT2D eigenvalue weighted by atomic mass is 16.4. The first-order valence-electron chi connectivity index (χ1n) is 1.26. The molecule has 0 atom stereocenters. The van der Waals surface area contributed by atoms with E-state index in [2.05, 4.69) is 4.74 Å². The van der Waals surface area contributed by atoms with Crippen LogP contribution in [0, 0.1) is 0 Å². The lowest BCUT2D eigenvalue weighted by atomic mass is 11.6. The van der Waals surface area contributed by atoms with E-state index in [4.69, 9.17) is 5.11 Å². The van der Waals surface area contributed by atoms with E-state index in [-0.39, 0.29) is 2.85 Å². The maximum atomic E-state index is 7.00. The Morgan fingerprint density at radius 3 is 1.40 bits per heavy atom. The number of aliphatic hydroxyl groups is 1. The number of rotatable bonds is 0. The molecule has 0 aromatic heterocycles. The molecule has 0 saturated carbocycles. The Hall–Kier alpha value is -0.0800. The molecule has 0 bridgehead atoms. The minimum atomic E-state index is 0. The Morgan fingerprint density at radius 1 is 1.40 bits per heavy atom. The average Bonchev–Trinajstić information content (AvgIpc) is 1.46. The van der Waals surface area contributed by atoms with E-state index in [9.17, 15) is 0 Å². The number of methoxy groups -OCH3 is 1. The second kappa shape index (κ2) is 39.5. The minimum Gasteiger partial charge on any atom is -0.400 e. The summed E-state index contributed by atoms with van der Waals surface area (Å²) in [6.45, 7) is 0. The fraction of sp³-hybridized carbons (Fsp3) is 1.00. The summed E-state index contributed by atoms with van der Waals surface area (Å²) in [4.78, 5) is 0. The molecule has 0 heterocycles. The molecule has 0 aromatic carbocycles. The highest BCUT2D eigenvalue weighted by Gasteiger charge is 1.25. The lowest BCUT2D eigenvalue weighted by Gasteiger charge is -1.61. The highest BCUT2D eigenvalue weighted by Crippen LogP contribution is 1.28. The van der Waals surface area contributed by atoms with Crippen molar-refractivity contribution in [1.29, 1.82) is 0 Å². The van der Waals surface area contributed by atoms with Gasteiger partial charge in [0.2, 0.25) is 0 Å². The predicted octanol–water partition coefficient (Wildman–Crippen LogP) is 0.363. The monoisotopic (exact) mass is 84.1 g/mol. The van der Waals surface area contributed by atoms with Crippen LogP contribution < -0.4 is 0 Å². The normalized spacial score (nSPS) is 4.80. The first-order chi connectivity index (χ1) is 2.41. The molecule has 2 heteroatoms. The molecule has 0 rings (SSSR count). The molecule has 0 amide bonds. The Bertz CT molecular complexity index is 10.9. The van der Waals surface area contributed by atoms with E-state index in [0.717, 1.165) is 7.11 Å². The van der Waals surface area contributed by atoms with Crippen molar-refractivity contribution in [2.75, 3.05) is 21.3 Å². The van der Waals surface area contributed by atoms with Crippen LogP contribution in [0.4, 0.5) is 0 Å². The van der Waals surface area contributed by atoms with Gasteiger partial charge in [-0.3, -0.25) is 0 Å². The van der Waals surface area contributed by atoms with E-state index < -0.39 is 0 Å². The summed E-state index contributed by atoms with van der Waals surface area (Å²) in [5, 5.41) is 7.00. The lowest BCUT2D eigenvalue weighted by molar-refractivity contribution is 0.277. The van der Waals surface area contributed by atoms with Crippen molar-refractivity contribution in [3.63, 3.8) is 0 Å². The maximum Gasteiger partial charge on any atom is 0.0351 e. The molecule has 0 aliphatic carbocycles. The molecule has 38 valence electrons.